The number of aryl methyl sites for hydroxylation is 1. The number of imidazole rings is 1. The fourth-order valence-electron chi connectivity index (χ4n) is 3.52. The number of halogens is 3. The maximum absolute atomic E-state index is 13.4. The van der Waals surface area contributed by atoms with Crippen LogP contribution in [0.25, 0.3) is 22.6 Å². The Morgan fingerprint density at radius 3 is 2.45 bits per heavy atom. The number of aromatic nitrogens is 4. The number of nitrogens with zero attached hydrogens (tertiary/aromatic N) is 4. The molecule has 3 aromatic heterocycles. The van der Waals surface area contributed by atoms with Crippen molar-refractivity contribution in [3.63, 3.8) is 0 Å². The summed E-state index contributed by atoms with van der Waals surface area (Å²) in [4.78, 5) is 24.3. The van der Waals surface area contributed by atoms with Gasteiger partial charge in [-0.1, -0.05) is 19.9 Å². The van der Waals surface area contributed by atoms with Crippen LogP contribution in [0.4, 0.5) is 13.2 Å². The molecule has 0 fully saturated rings. The topological polar surface area (TPSA) is 88.4 Å². The lowest BCUT2D eigenvalue weighted by molar-refractivity contribution is -0.152. The van der Waals surface area contributed by atoms with E-state index in [1.165, 1.54) is 11.7 Å². The molecular weight excluding hydrogens is 501 g/mol. The molecule has 0 radical (unpaired) electrons. The molecule has 0 spiro atoms. The molecule has 0 aromatic carbocycles. The highest BCUT2D eigenvalue weighted by Crippen LogP contribution is 2.32. The molecule has 0 saturated carbocycles. The van der Waals surface area contributed by atoms with Gasteiger partial charge in [-0.2, -0.15) is 13.2 Å². The normalized spacial score (nSPS) is 12.2. The number of esters is 1. The Labute approximate surface area is 220 Å². The van der Waals surface area contributed by atoms with E-state index in [0.717, 1.165) is 29.3 Å². The molecule has 0 saturated heterocycles. The Morgan fingerprint density at radius 2 is 1.87 bits per heavy atom. The SMILES string of the molecule is COC(=O)C(C)(C)COc1cc(C)c(-c2ccc(-c3nc(C(F)(F)F)cn3COCCC(C)C)nc2)cn1. The second-order valence-corrected chi connectivity index (χ2v) is 10.1. The van der Waals surface area contributed by atoms with Crippen LogP contribution in [0.15, 0.2) is 36.8 Å². The largest absolute Gasteiger partial charge is 0.476 e. The number of hydrogen-bond acceptors (Lipinski definition) is 7. The van der Waals surface area contributed by atoms with Gasteiger partial charge in [0.2, 0.25) is 5.88 Å². The van der Waals surface area contributed by atoms with Crippen LogP contribution in [0.1, 0.15) is 45.4 Å². The quantitative estimate of drug-likeness (QED) is 0.222. The molecule has 0 aliphatic rings. The second-order valence-electron chi connectivity index (χ2n) is 10.1. The van der Waals surface area contributed by atoms with Crippen LogP contribution in [-0.2, 0) is 27.2 Å². The summed E-state index contributed by atoms with van der Waals surface area (Å²) in [7, 11) is 1.32. The van der Waals surface area contributed by atoms with Gasteiger partial charge in [0, 0.05) is 42.4 Å². The Bertz CT molecular complexity index is 1240. The van der Waals surface area contributed by atoms with Gasteiger partial charge in [0.15, 0.2) is 11.5 Å². The van der Waals surface area contributed by atoms with Crippen LogP contribution < -0.4 is 4.74 Å². The van der Waals surface area contributed by atoms with E-state index in [1.54, 1.807) is 44.4 Å². The number of carbonyl (C=O) groups is 1. The molecule has 38 heavy (non-hydrogen) atoms. The van der Waals surface area contributed by atoms with Gasteiger partial charge in [-0.25, -0.2) is 9.97 Å². The molecule has 0 unspecified atom stereocenters. The van der Waals surface area contributed by atoms with E-state index >= 15 is 0 Å². The molecule has 0 atom stereocenters. The lowest BCUT2D eigenvalue weighted by atomic mass is 9.95. The lowest BCUT2D eigenvalue weighted by Crippen LogP contribution is -2.32. The third-order valence-corrected chi connectivity index (χ3v) is 5.85. The van der Waals surface area contributed by atoms with Crippen molar-refractivity contribution >= 4 is 5.97 Å². The Morgan fingerprint density at radius 1 is 1.13 bits per heavy atom. The number of pyridine rings is 2. The summed E-state index contributed by atoms with van der Waals surface area (Å²) in [6.07, 6.45) is 0.332. The summed E-state index contributed by atoms with van der Waals surface area (Å²) < 4.78 is 57.4. The van der Waals surface area contributed by atoms with E-state index in [1.807, 2.05) is 20.8 Å². The van der Waals surface area contributed by atoms with Crippen LogP contribution in [0, 0.1) is 18.3 Å². The maximum atomic E-state index is 13.4. The summed E-state index contributed by atoms with van der Waals surface area (Å²) >= 11 is 0. The van der Waals surface area contributed by atoms with Crippen molar-refractivity contribution < 1.29 is 32.2 Å². The molecule has 0 aliphatic heterocycles. The molecule has 0 aliphatic carbocycles. The summed E-state index contributed by atoms with van der Waals surface area (Å²) in [5.74, 6) is 0.455. The monoisotopic (exact) mass is 534 g/mol. The Balaban J connectivity index is 1.79. The third-order valence-electron chi connectivity index (χ3n) is 5.85. The standard InChI is InChI=1S/C27H33F3N4O4/c1-17(2)9-10-37-16-34-14-22(27(28,29)30)33-24(34)21-8-7-19(12-31-21)20-13-32-23(11-18(20)3)38-15-26(4,5)25(35)36-6/h7-8,11-14,17H,9-10,15-16H2,1-6H3. The van der Waals surface area contributed by atoms with E-state index in [0.29, 0.717) is 18.4 Å². The second kappa shape index (κ2) is 11.9. The van der Waals surface area contributed by atoms with Crippen molar-refractivity contribution in [2.75, 3.05) is 20.3 Å². The molecule has 3 rings (SSSR count). The highest BCUT2D eigenvalue weighted by molar-refractivity contribution is 5.76. The van der Waals surface area contributed by atoms with Gasteiger partial charge < -0.3 is 18.8 Å². The van der Waals surface area contributed by atoms with Gasteiger partial charge in [0.05, 0.1) is 12.5 Å². The number of carbonyl (C=O) groups excluding carboxylic acids is 1. The van der Waals surface area contributed by atoms with Gasteiger partial charge in [-0.05, 0) is 44.7 Å². The van der Waals surface area contributed by atoms with Gasteiger partial charge in [-0.3, -0.25) is 9.78 Å². The van der Waals surface area contributed by atoms with Crippen LogP contribution in [0.5, 0.6) is 5.88 Å². The fourth-order valence-corrected chi connectivity index (χ4v) is 3.52. The van der Waals surface area contributed by atoms with Gasteiger partial charge >= 0.3 is 12.1 Å². The van der Waals surface area contributed by atoms with Crippen LogP contribution in [0.3, 0.4) is 0 Å². The summed E-state index contributed by atoms with van der Waals surface area (Å²) in [6, 6.07) is 5.11. The average Bonchev–Trinajstić information content (AvgIpc) is 3.30. The maximum Gasteiger partial charge on any atom is 0.434 e. The number of rotatable bonds is 11. The first kappa shape index (κ1) is 29.1. The zero-order chi connectivity index (χ0) is 28.1. The lowest BCUT2D eigenvalue weighted by Gasteiger charge is -2.21. The third kappa shape index (κ3) is 7.31. The summed E-state index contributed by atoms with van der Waals surface area (Å²) in [6.45, 7) is 9.85. The average molecular weight is 535 g/mol. The van der Waals surface area contributed by atoms with Crippen molar-refractivity contribution in [3.8, 4) is 28.5 Å². The summed E-state index contributed by atoms with van der Waals surface area (Å²) in [5, 5.41) is 0. The number of alkyl halides is 3. The van der Waals surface area contributed by atoms with Crippen LogP contribution in [0.2, 0.25) is 0 Å². The van der Waals surface area contributed by atoms with Gasteiger partial charge in [0.1, 0.15) is 19.0 Å². The van der Waals surface area contributed by atoms with Crippen LogP contribution >= 0.6 is 0 Å². The molecule has 0 amide bonds. The first-order valence-electron chi connectivity index (χ1n) is 12.2. The minimum atomic E-state index is -4.59. The van der Waals surface area contributed by atoms with E-state index in [2.05, 4.69) is 15.0 Å². The Kier molecular flexibility index (Phi) is 9.14. The highest BCUT2D eigenvalue weighted by atomic mass is 19.4. The molecule has 8 nitrogen and oxygen atoms in total. The minimum Gasteiger partial charge on any atom is -0.476 e. The molecule has 3 heterocycles. The zero-order valence-corrected chi connectivity index (χ0v) is 22.4. The van der Waals surface area contributed by atoms with E-state index in [4.69, 9.17) is 14.2 Å². The first-order chi connectivity index (χ1) is 17.8. The van der Waals surface area contributed by atoms with Crippen molar-refractivity contribution in [1.82, 2.24) is 19.5 Å². The van der Waals surface area contributed by atoms with E-state index in [-0.39, 0.29) is 30.8 Å². The van der Waals surface area contributed by atoms with Gasteiger partial charge in [0.25, 0.3) is 0 Å². The predicted octanol–water partition coefficient (Wildman–Crippen LogP) is 5.93. The van der Waals surface area contributed by atoms with Crippen molar-refractivity contribution in [3.05, 3.63) is 48.0 Å². The fraction of sp³-hybridized carbons (Fsp3) is 0.481. The number of ether oxygens (including phenoxy) is 3. The molecule has 206 valence electrons. The van der Waals surface area contributed by atoms with Crippen molar-refractivity contribution in [2.24, 2.45) is 11.3 Å². The molecular formula is C27H33F3N4O4. The molecule has 3 aromatic rings. The molecule has 0 bridgehead atoms. The Hall–Kier alpha value is -3.47. The van der Waals surface area contributed by atoms with Gasteiger partial charge in [-0.15, -0.1) is 0 Å². The predicted molar refractivity (Wildman–Crippen MR) is 135 cm³/mol. The van der Waals surface area contributed by atoms with Crippen LogP contribution in [-0.4, -0.2) is 45.8 Å². The van der Waals surface area contributed by atoms with E-state index in [9.17, 15) is 18.0 Å². The number of hydrogen-bond donors (Lipinski definition) is 0. The summed E-state index contributed by atoms with van der Waals surface area (Å²) in [5.41, 5.74) is 0.798. The van der Waals surface area contributed by atoms with Crippen molar-refractivity contribution in [1.29, 1.82) is 0 Å². The zero-order valence-electron chi connectivity index (χ0n) is 22.4. The molecule has 0 N–H and O–H groups in total. The van der Waals surface area contributed by atoms with E-state index < -0.39 is 17.3 Å². The van der Waals surface area contributed by atoms with Crippen molar-refractivity contribution in [2.45, 2.75) is 53.9 Å². The smallest absolute Gasteiger partial charge is 0.434 e. The first-order valence-corrected chi connectivity index (χ1v) is 12.2. The minimum absolute atomic E-state index is 0.0637. The molecule has 11 heteroatoms. The number of methoxy groups -OCH3 is 1. The highest BCUT2D eigenvalue weighted by Gasteiger charge is 2.35.